The number of hydrogen-bond donors (Lipinski definition) is 1. The summed E-state index contributed by atoms with van der Waals surface area (Å²) in [5.74, 6) is -0.160. The first-order valence-corrected chi connectivity index (χ1v) is 12.1. The highest BCUT2D eigenvalue weighted by Crippen LogP contribution is 2.29. The third-order valence-corrected chi connectivity index (χ3v) is 7.43. The van der Waals surface area contributed by atoms with Crippen LogP contribution in [0.25, 0.3) is 0 Å². The van der Waals surface area contributed by atoms with Gasteiger partial charge in [0.1, 0.15) is 11.0 Å². The van der Waals surface area contributed by atoms with Crippen molar-refractivity contribution in [1.82, 2.24) is 9.80 Å². The number of ether oxygens (including phenoxy) is 1. The van der Waals surface area contributed by atoms with E-state index in [0.29, 0.717) is 11.0 Å². The molecule has 0 radical (unpaired) electrons. The number of piperazine rings is 1. The Labute approximate surface area is 193 Å². The maximum absolute atomic E-state index is 12.4. The van der Waals surface area contributed by atoms with E-state index in [1.807, 2.05) is 23.6 Å². The Bertz CT molecular complexity index is 871. The van der Waals surface area contributed by atoms with Gasteiger partial charge in [-0.1, -0.05) is 12.2 Å². The molecule has 1 aromatic carbocycles. The van der Waals surface area contributed by atoms with Crippen molar-refractivity contribution >= 4 is 40.2 Å². The van der Waals surface area contributed by atoms with Crippen LogP contribution >= 0.6 is 23.6 Å². The lowest BCUT2D eigenvalue weighted by atomic mass is 9.98. The Morgan fingerprint density at radius 1 is 1.10 bits per heavy atom. The molecule has 0 aliphatic carbocycles. The fourth-order valence-corrected chi connectivity index (χ4v) is 5.54. The molecule has 6 nitrogen and oxygen atoms in total. The molecule has 166 valence electrons. The predicted octanol–water partition coefficient (Wildman–Crippen LogP) is 2.88. The van der Waals surface area contributed by atoms with Gasteiger partial charge in [-0.05, 0) is 59.5 Å². The van der Waals surface area contributed by atoms with Crippen molar-refractivity contribution < 1.29 is 9.53 Å². The van der Waals surface area contributed by atoms with Gasteiger partial charge in [-0.25, -0.2) is 4.79 Å². The first-order chi connectivity index (χ1) is 15.1. The Balaban J connectivity index is 1.30. The molecule has 2 N–H and O–H groups in total. The number of carbonyl (C=O) groups is 1. The monoisotopic (exact) mass is 458 g/mol. The molecule has 4 rings (SSSR count). The SMILES string of the molecule is COC(=O)C(c1ccsc1)N1CCC(N2CCN(c3ccc(C(N)=S)cc3)CC2)CC1. The molecular weight excluding hydrogens is 428 g/mol. The number of likely N-dealkylation sites (tertiary alicyclic amines) is 1. The summed E-state index contributed by atoms with van der Waals surface area (Å²) in [6.07, 6.45) is 2.17. The van der Waals surface area contributed by atoms with Gasteiger partial charge in [0, 0.05) is 56.6 Å². The predicted molar refractivity (Wildman–Crippen MR) is 130 cm³/mol. The van der Waals surface area contributed by atoms with Gasteiger partial charge >= 0.3 is 5.97 Å². The quantitative estimate of drug-likeness (QED) is 0.528. The van der Waals surface area contributed by atoms with Gasteiger partial charge in [-0.2, -0.15) is 11.3 Å². The van der Waals surface area contributed by atoms with E-state index in [9.17, 15) is 4.79 Å². The molecule has 2 aromatic rings. The second kappa shape index (κ2) is 10.1. The van der Waals surface area contributed by atoms with E-state index < -0.39 is 0 Å². The highest BCUT2D eigenvalue weighted by molar-refractivity contribution is 7.80. The normalized spacial score (nSPS) is 19.8. The molecule has 1 aromatic heterocycles. The van der Waals surface area contributed by atoms with Crippen LogP contribution in [0.2, 0.25) is 0 Å². The van der Waals surface area contributed by atoms with Gasteiger partial charge in [-0.3, -0.25) is 9.80 Å². The number of carbonyl (C=O) groups excluding carboxylic acids is 1. The zero-order valence-corrected chi connectivity index (χ0v) is 19.5. The molecule has 2 saturated heterocycles. The molecule has 1 atom stereocenters. The molecule has 2 fully saturated rings. The summed E-state index contributed by atoms with van der Waals surface area (Å²) in [6.45, 7) is 6.00. The van der Waals surface area contributed by atoms with Crippen molar-refractivity contribution in [3.63, 3.8) is 0 Å². The van der Waals surface area contributed by atoms with Crippen molar-refractivity contribution in [2.24, 2.45) is 5.73 Å². The molecule has 8 heteroatoms. The topological polar surface area (TPSA) is 62.0 Å². The van der Waals surface area contributed by atoms with Crippen LogP contribution in [0.5, 0.6) is 0 Å². The van der Waals surface area contributed by atoms with Crippen LogP contribution in [0.4, 0.5) is 5.69 Å². The lowest BCUT2D eigenvalue weighted by Gasteiger charge is -2.44. The van der Waals surface area contributed by atoms with Crippen LogP contribution in [-0.4, -0.2) is 73.2 Å². The van der Waals surface area contributed by atoms with Gasteiger partial charge in [-0.15, -0.1) is 0 Å². The largest absolute Gasteiger partial charge is 0.468 e. The number of nitrogens with two attached hydrogens (primary N) is 1. The summed E-state index contributed by atoms with van der Waals surface area (Å²) in [5.41, 5.74) is 8.89. The molecule has 1 unspecified atom stereocenters. The molecule has 0 spiro atoms. The fraction of sp³-hybridized carbons (Fsp3) is 0.478. The molecule has 0 amide bonds. The Morgan fingerprint density at radius 2 is 1.77 bits per heavy atom. The molecule has 31 heavy (non-hydrogen) atoms. The van der Waals surface area contributed by atoms with Crippen LogP contribution in [0, 0.1) is 0 Å². The number of anilines is 1. The summed E-state index contributed by atoms with van der Waals surface area (Å²) >= 11 is 6.67. The van der Waals surface area contributed by atoms with Crippen LogP contribution in [-0.2, 0) is 9.53 Å². The summed E-state index contributed by atoms with van der Waals surface area (Å²) in [6, 6.07) is 10.6. The van der Waals surface area contributed by atoms with Crippen molar-refractivity contribution in [2.45, 2.75) is 24.9 Å². The van der Waals surface area contributed by atoms with E-state index in [2.05, 4.69) is 32.2 Å². The first kappa shape index (κ1) is 22.2. The number of nitrogens with zero attached hydrogens (tertiary/aromatic N) is 3. The number of benzene rings is 1. The Morgan fingerprint density at radius 3 is 2.32 bits per heavy atom. The number of piperidine rings is 1. The standard InChI is InChI=1S/C23H30N4O2S2/c1-29-23(28)21(18-8-15-31-16-18)27-9-6-20(7-10-27)26-13-11-25(12-14-26)19-4-2-17(3-5-19)22(24)30/h2-5,8,15-16,20-21H,6-7,9-14H2,1H3,(H2,24,30). The Hall–Kier alpha value is -2.00. The first-order valence-electron chi connectivity index (χ1n) is 10.8. The lowest BCUT2D eigenvalue weighted by Crippen LogP contribution is -2.54. The minimum absolute atomic E-state index is 0.160. The van der Waals surface area contributed by atoms with Gasteiger partial charge in [0.15, 0.2) is 0 Å². The van der Waals surface area contributed by atoms with Crippen LogP contribution < -0.4 is 10.6 Å². The summed E-state index contributed by atoms with van der Waals surface area (Å²) in [7, 11) is 1.48. The lowest BCUT2D eigenvalue weighted by molar-refractivity contribution is -0.148. The number of thiocarbonyl (C=S) groups is 1. The zero-order valence-electron chi connectivity index (χ0n) is 17.9. The van der Waals surface area contributed by atoms with E-state index in [1.165, 1.54) is 12.8 Å². The molecule has 0 bridgehead atoms. The summed E-state index contributed by atoms with van der Waals surface area (Å²) in [4.78, 5) is 20.2. The summed E-state index contributed by atoms with van der Waals surface area (Å²) < 4.78 is 5.10. The maximum Gasteiger partial charge on any atom is 0.327 e. The molecule has 3 heterocycles. The minimum Gasteiger partial charge on any atom is -0.468 e. The maximum atomic E-state index is 12.4. The smallest absolute Gasteiger partial charge is 0.327 e. The van der Waals surface area contributed by atoms with Crippen molar-refractivity contribution in [3.05, 3.63) is 52.2 Å². The molecule has 0 saturated carbocycles. The van der Waals surface area contributed by atoms with E-state index >= 15 is 0 Å². The second-order valence-corrected chi connectivity index (χ2v) is 9.40. The summed E-state index contributed by atoms with van der Waals surface area (Å²) in [5, 5.41) is 4.08. The van der Waals surface area contributed by atoms with Crippen molar-refractivity contribution in [1.29, 1.82) is 0 Å². The van der Waals surface area contributed by atoms with Gasteiger partial charge in [0.2, 0.25) is 0 Å². The number of methoxy groups -OCH3 is 1. The van der Waals surface area contributed by atoms with Crippen LogP contribution in [0.3, 0.4) is 0 Å². The van der Waals surface area contributed by atoms with E-state index in [1.54, 1.807) is 11.3 Å². The van der Waals surface area contributed by atoms with Gasteiger partial charge < -0.3 is 15.4 Å². The molecule has 2 aliphatic rings. The molecular formula is C23H30N4O2S2. The number of rotatable bonds is 6. The number of hydrogen-bond acceptors (Lipinski definition) is 7. The third-order valence-electron chi connectivity index (χ3n) is 6.50. The second-order valence-electron chi connectivity index (χ2n) is 8.18. The van der Waals surface area contributed by atoms with Crippen molar-refractivity contribution in [2.75, 3.05) is 51.3 Å². The van der Waals surface area contributed by atoms with E-state index in [4.69, 9.17) is 22.7 Å². The van der Waals surface area contributed by atoms with E-state index in [-0.39, 0.29) is 12.0 Å². The van der Waals surface area contributed by atoms with Gasteiger partial charge in [0.05, 0.1) is 7.11 Å². The van der Waals surface area contributed by atoms with Gasteiger partial charge in [0.25, 0.3) is 0 Å². The third kappa shape index (κ3) is 5.09. The van der Waals surface area contributed by atoms with Crippen LogP contribution in [0.15, 0.2) is 41.1 Å². The average molecular weight is 459 g/mol. The van der Waals surface area contributed by atoms with Crippen molar-refractivity contribution in [3.8, 4) is 0 Å². The van der Waals surface area contributed by atoms with Crippen LogP contribution in [0.1, 0.15) is 30.0 Å². The highest BCUT2D eigenvalue weighted by Gasteiger charge is 2.34. The highest BCUT2D eigenvalue weighted by atomic mass is 32.1. The number of esters is 1. The molecule has 2 aliphatic heterocycles. The fourth-order valence-electron chi connectivity index (χ4n) is 4.73. The Kier molecular flexibility index (Phi) is 7.22. The van der Waals surface area contributed by atoms with E-state index in [0.717, 1.165) is 63.2 Å². The minimum atomic E-state index is -0.279. The average Bonchev–Trinajstić information content (AvgIpc) is 3.34. The number of thiophene rings is 1. The zero-order chi connectivity index (χ0) is 21.8.